The third-order valence-corrected chi connectivity index (χ3v) is 9.28. The number of rotatable bonds is 5. The Balaban J connectivity index is 1.49. The second-order valence-corrected chi connectivity index (χ2v) is 11.6. The first-order valence-electron chi connectivity index (χ1n) is 14.7. The zero-order chi connectivity index (χ0) is 23.5. The summed E-state index contributed by atoms with van der Waals surface area (Å²) in [5, 5.41) is 0. The van der Waals surface area contributed by atoms with Crippen molar-refractivity contribution in [2.24, 2.45) is 0 Å². The minimum Gasteiger partial charge on any atom is -0.345 e. The van der Waals surface area contributed by atoms with E-state index in [1.54, 1.807) is 16.7 Å². The van der Waals surface area contributed by atoms with Gasteiger partial charge < -0.3 is 9.47 Å². The van der Waals surface area contributed by atoms with Gasteiger partial charge in [0, 0.05) is 5.56 Å². The highest BCUT2D eigenvalue weighted by Crippen LogP contribution is 2.47. The van der Waals surface area contributed by atoms with Crippen molar-refractivity contribution in [3.8, 4) is 11.3 Å². The number of hydrogen-bond donors (Lipinski definition) is 0. The highest BCUT2D eigenvalue weighted by atomic mass is 16.7. The molecule has 3 saturated carbocycles. The van der Waals surface area contributed by atoms with Gasteiger partial charge in [-0.15, -0.1) is 0 Å². The van der Waals surface area contributed by atoms with Gasteiger partial charge >= 0.3 is 0 Å². The van der Waals surface area contributed by atoms with Crippen LogP contribution in [0.5, 0.6) is 0 Å². The summed E-state index contributed by atoms with van der Waals surface area (Å²) in [5.41, 5.74) is 8.44. The van der Waals surface area contributed by atoms with E-state index in [0.29, 0.717) is 25.0 Å². The van der Waals surface area contributed by atoms with E-state index in [9.17, 15) is 0 Å². The summed E-state index contributed by atoms with van der Waals surface area (Å²) < 4.78 is 11.7. The summed E-state index contributed by atoms with van der Waals surface area (Å²) in [6.07, 6.45) is 20.2. The van der Waals surface area contributed by atoms with Crippen molar-refractivity contribution >= 4 is 0 Å². The monoisotopic (exact) mass is 473 g/mol. The fourth-order valence-electron chi connectivity index (χ4n) is 7.40. The van der Waals surface area contributed by atoms with E-state index in [1.807, 2.05) is 0 Å². The van der Waals surface area contributed by atoms with Gasteiger partial charge in [-0.25, -0.2) is 4.98 Å². The van der Waals surface area contributed by atoms with Crippen LogP contribution >= 0.6 is 0 Å². The maximum atomic E-state index is 5.84. The van der Waals surface area contributed by atoms with Gasteiger partial charge in [0.15, 0.2) is 0 Å². The van der Waals surface area contributed by atoms with Gasteiger partial charge in [-0.1, -0.05) is 76.0 Å². The van der Waals surface area contributed by atoms with Crippen LogP contribution in [0.15, 0.2) is 30.3 Å². The highest BCUT2D eigenvalue weighted by molar-refractivity contribution is 5.71. The van der Waals surface area contributed by atoms with E-state index in [0.717, 1.165) is 17.3 Å². The molecule has 2 aromatic rings. The average Bonchev–Trinajstić information content (AvgIpc) is 3.49. The third kappa shape index (κ3) is 5.23. The van der Waals surface area contributed by atoms with E-state index in [-0.39, 0.29) is 6.29 Å². The number of benzene rings is 1. The summed E-state index contributed by atoms with van der Waals surface area (Å²) in [6.45, 7) is 1.32. The molecule has 188 valence electrons. The Kier molecular flexibility index (Phi) is 7.53. The smallest absolute Gasteiger partial charge is 0.201 e. The van der Waals surface area contributed by atoms with Gasteiger partial charge in [-0.2, -0.15) is 0 Å². The van der Waals surface area contributed by atoms with Crippen LogP contribution < -0.4 is 0 Å². The van der Waals surface area contributed by atoms with Crippen LogP contribution in [0.2, 0.25) is 0 Å². The van der Waals surface area contributed by atoms with Crippen LogP contribution in [0.3, 0.4) is 0 Å². The molecule has 4 aliphatic rings. The minimum absolute atomic E-state index is 0.312. The molecule has 35 heavy (non-hydrogen) atoms. The Labute approximate surface area is 212 Å². The summed E-state index contributed by atoms with van der Waals surface area (Å²) in [6, 6.07) is 11.8. The zero-order valence-electron chi connectivity index (χ0n) is 21.5. The van der Waals surface area contributed by atoms with Gasteiger partial charge in [0.05, 0.1) is 24.6 Å². The quantitative estimate of drug-likeness (QED) is 0.434. The van der Waals surface area contributed by atoms with Crippen LogP contribution in [0.4, 0.5) is 0 Å². The van der Waals surface area contributed by atoms with Crippen molar-refractivity contribution in [3.63, 3.8) is 0 Å². The molecular formula is C32H43NO2. The van der Waals surface area contributed by atoms with Crippen LogP contribution in [0.25, 0.3) is 11.3 Å². The zero-order valence-corrected chi connectivity index (χ0v) is 21.5. The molecule has 0 radical (unpaired) electrons. The molecule has 4 fully saturated rings. The molecule has 2 heterocycles. The molecule has 0 spiro atoms. The largest absolute Gasteiger partial charge is 0.345 e. The number of nitrogens with zero attached hydrogens (tertiary/aromatic N) is 1. The van der Waals surface area contributed by atoms with E-state index in [1.165, 1.54) is 102 Å². The van der Waals surface area contributed by atoms with Crippen molar-refractivity contribution in [2.45, 2.75) is 120 Å². The van der Waals surface area contributed by atoms with Crippen molar-refractivity contribution in [3.05, 3.63) is 52.7 Å². The lowest BCUT2D eigenvalue weighted by molar-refractivity contribution is -0.0472. The van der Waals surface area contributed by atoms with Crippen molar-refractivity contribution < 1.29 is 9.47 Å². The predicted molar refractivity (Wildman–Crippen MR) is 142 cm³/mol. The van der Waals surface area contributed by atoms with Crippen LogP contribution in [0.1, 0.15) is 143 Å². The normalized spacial score (nSPS) is 23.7. The lowest BCUT2D eigenvalue weighted by atomic mass is 9.73. The first-order valence-corrected chi connectivity index (χ1v) is 14.7. The number of aromatic nitrogens is 1. The molecule has 6 rings (SSSR count). The molecule has 3 nitrogen and oxygen atoms in total. The van der Waals surface area contributed by atoms with E-state index in [4.69, 9.17) is 14.5 Å². The lowest BCUT2D eigenvalue weighted by Gasteiger charge is -2.32. The molecule has 0 unspecified atom stereocenters. The first kappa shape index (κ1) is 23.7. The van der Waals surface area contributed by atoms with E-state index < -0.39 is 0 Å². The summed E-state index contributed by atoms with van der Waals surface area (Å²) >= 11 is 0. The molecule has 3 aliphatic carbocycles. The van der Waals surface area contributed by atoms with Crippen molar-refractivity contribution in [1.82, 2.24) is 4.98 Å². The molecule has 0 N–H and O–H groups in total. The summed E-state index contributed by atoms with van der Waals surface area (Å²) in [5.74, 6) is 2.10. The van der Waals surface area contributed by atoms with E-state index in [2.05, 4.69) is 30.3 Å². The van der Waals surface area contributed by atoms with Gasteiger partial charge in [-0.3, -0.25) is 0 Å². The molecule has 1 aromatic heterocycles. The van der Waals surface area contributed by atoms with Gasteiger partial charge in [0.1, 0.15) is 0 Å². The number of hydrogen-bond acceptors (Lipinski definition) is 3. The Morgan fingerprint density at radius 1 is 0.600 bits per heavy atom. The third-order valence-electron chi connectivity index (χ3n) is 9.28. The fraction of sp³-hybridized carbons (Fsp3) is 0.656. The fourth-order valence-corrected chi connectivity index (χ4v) is 7.40. The molecule has 1 saturated heterocycles. The maximum absolute atomic E-state index is 5.84. The maximum Gasteiger partial charge on any atom is 0.201 e. The molecular weight excluding hydrogens is 430 g/mol. The molecule has 3 heteroatoms. The van der Waals surface area contributed by atoms with Gasteiger partial charge in [-0.05, 0) is 85.1 Å². The average molecular weight is 474 g/mol. The number of ether oxygens (including phenoxy) is 2. The number of pyridine rings is 1. The van der Waals surface area contributed by atoms with Crippen molar-refractivity contribution in [1.29, 1.82) is 0 Å². The second kappa shape index (κ2) is 11.1. The van der Waals surface area contributed by atoms with Gasteiger partial charge in [0.25, 0.3) is 0 Å². The topological polar surface area (TPSA) is 31.4 Å². The highest BCUT2D eigenvalue weighted by Gasteiger charge is 2.29. The first-order chi connectivity index (χ1) is 17.4. The molecule has 0 amide bonds. The Morgan fingerprint density at radius 2 is 1.11 bits per heavy atom. The minimum atomic E-state index is -0.312. The lowest BCUT2D eigenvalue weighted by Crippen LogP contribution is -2.15. The Morgan fingerprint density at radius 3 is 1.66 bits per heavy atom. The molecule has 0 bridgehead atoms. The van der Waals surface area contributed by atoms with E-state index >= 15 is 0 Å². The van der Waals surface area contributed by atoms with Crippen LogP contribution in [-0.2, 0) is 9.47 Å². The van der Waals surface area contributed by atoms with Crippen LogP contribution in [-0.4, -0.2) is 18.2 Å². The molecule has 0 atom stereocenters. The SMILES string of the molecule is c1cc(-c2c(C3CCCCC3)cc(C3CCCCC3)cc2C2CCCCC2)nc(C2OCCO2)c1. The summed E-state index contributed by atoms with van der Waals surface area (Å²) in [7, 11) is 0. The van der Waals surface area contributed by atoms with Crippen molar-refractivity contribution in [2.75, 3.05) is 13.2 Å². The Hall–Kier alpha value is -1.71. The molecule has 1 aromatic carbocycles. The Bertz CT molecular complexity index is 938. The second-order valence-electron chi connectivity index (χ2n) is 11.6. The van der Waals surface area contributed by atoms with Gasteiger partial charge in [0.2, 0.25) is 6.29 Å². The predicted octanol–water partition coefficient (Wildman–Crippen LogP) is 8.94. The standard InChI is InChI=1S/C32H43NO2/c1-4-11-23(12-5-1)26-21-27(24-13-6-2-7-14-24)31(28(22-26)25-15-8-3-9-16-25)29-17-10-18-30(33-29)32-34-19-20-35-32/h10,17-18,21-25,32H,1-9,11-16,19-20H2. The summed E-state index contributed by atoms with van der Waals surface area (Å²) in [4.78, 5) is 5.23. The van der Waals surface area contributed by atoms with Crippen LogP contribution in [0, 0.1) is 0 Å². The molecule has 1 aliphatic heterocycles.